The van der Waals surface area contributed by atoms with Crippen LogP contribution in [0.3, 0.4) is 0 Å². The van der Waals surface area contributed by atoms with Crippen molar-refractivity contribution >= 4 is 23.3 Å². The second kappa shape index (κ2) is 7.26. The Morgan fingerprint density at radius 3 is 2.68 bits per heavy atom. The molecule has 1 aliphatic rings. The third-order valence-electron chi connectivity index (χ3n) is 4.84. The van der Waals surface area contributed by atoms with Crippen molar-refractivity contribution in [2.45, 2.75) is 13.3 Å². The normalized spacial score (nSPS) is 16.4. The first-order valence-electron chi connectivity index (χ1n) is 9.13. The Morgan fingerprint density at radius 2 is 1.96 bits per heavy atom. The van der Waals surface area contributed by atoms with E-state index in [1.54, 1.807) is 21.8 Å². The number of amides is 2. The third kappa shape index (κ3) is 3.64. The summed E-state index contributed by atoms with van der Waals surface area (Å²) in [4.78, 5) is 31.2. The first-order valence-corrected chi connectivity index (χ1v) is 9.13. The zero-order valence-corrected chi connectivity index (χ0v) is 15.8. The second-order valence-electron chi connectivity index (χ2n) is 7.04. The summed E-state index contributed by atoms with van der Waals surface area (Å²) in [5.74, 6) is -0.176. The van der Waals surface area contributed by atoms with E-state index in [4.69, 9.17) is 0 Å². The summed E-state index contributed by atoms with van der Waals surface area (Å²) in [6, 6.07) is 13.2. The van der Waals surface area contributed by atoms with Gasteiger partial charge in [0.15, 0.2) is 0 Å². The van der Waals surface area contributed by atoms with E-state index in [1.807, 2.05) is 56.6 Å². The molecule has 1 unspecified atom stereocenters. The van der Waals surface area contributed by atoms with Crippen molar-refractivity contribution in [2.75, 3.05) is 16.8 Å². The number of nitrogens with zero attached hydrogens (tertiary/aromatic N) is 4. The Bertz CT molecular complexity index is 1030. The van der Waals surface area contributed by atoms with E-state index in [2.05, 4.69) is 15.4 Å². The topological polar surface area (TPSA) is 80.1 Å². The largest absolute Gasteiger partial charge is 0.312 e. The van der Waals surface area contributed by atoms with Gasteiger partial charge in [-0.3, -0.25) is 14.3 Å². The highest BCUT2D eigenvalue weighted by atomic mass is 16.2. The Kier molecular flexibility index (Phi) is 4.65. The zero-order valence-electron chi connectivity index (χ0n) is 15.8. The minimum absolute atomic E-state index is 0.0407. The zero-order chi connectivity index (χ0) is 19.7. The molecule has 3 heterocycles. The number of pyridine rings is 1. The SMILES string of the molecule is Cc1ccc(N2CC(C(=O)Nc3cccc(-c4cnn(C)c4)n3)CC2=O)cc1. The molecule has 1 N–H and O–H groups in total. The van der Waals surface area contributed by atoms with Gasteiger partial charge >= 0.3 is 0 Å². The van der Waals surface area contributed by atoms with Crippen LogP contribution in [0.1, 0.15) is 12.0 Å². The van der Waals surface area contributed by atoms with Crippen LogP contribution in [0.2, 0.25) is 0 Å². The van der Waals surface area contributed by atoms with E-state index >= 15 is 0 Å². The van der Waals surface area contributed by atoms with Crippen LogP contribution >= 0.6 is 0 Å². The molecule has 0 bridgehead atoms. The molecule has 1 aromatic carbocycles. The summed E-state index contributed by atoms with van der Waals surface area (Å²) in [5.41, 5.74) is 3.56. The number of rotatable bonds is 4. The first kappa shape index (κ1) is 17.9. The van der Waals surface area contributed by atoms with Crippen LogP contribution in [-0.2, 0) is 16.6 Å². The second-order valence-corrected chi connectivity index (χ2v) is 7.04. The van der Waals surface area contributed by atoms with Crippen LogP contribution in [0.5, 0.6) is 0 Å². The van der Waals surface area contributed by atoms with E-state index in [1.165, 1.54) is 0 Å². The van der Waals surface area contributed by atoms with Crippen LogP contribution < -0.4 is 10.2 Å². The summed E-state index contributed by atoms with van der Waals surface area (Å²) < 4.78 is 1.70. The van der Waals surface area contributed by atoms with E-state index in [0.29, 0.717) is 12.4 Å². The van der Waals surface area contributed by atoms with Crippen LogP contribution in [0.25, 0.3) is 11.3 Å². The maximum Gasteiger partial charge on any atom is 0.230 e. The van der Waals surface area contributed by atoms with Crippen molar-refractivity contribution in [1.29, 1.82) is 0 Å². The van der Waals surface area contributed by atoms with Crippen molar-refractivity contribution in [3.8, 4) is 11.3 Å². The highest BCUT2D eigenvalue weighted by molar-refractivity contribution is 6.03. The summed E-state index contributed by atoms with van der Waals surface area (Å²) in [5, 5.41) is 6.99. The molecule has 1 atom stereocenters. The van der Waals surface area contributed by atoms with Crippen molar-refractivity contribution < 1.29 is 9.59 Å². The Morgan fingerprint density at radius 1 is 1.18 bits per heavy atom. The molecular formula is C21H21N5O2. The molecule has 0 saturated carbocycles. The molecule has 1 aliphatic heterocycles. The van der Waals surface area contributed by atoms with Crippen molar-refractivity contribution in [2.24, 2.45) is 13.0 Å². The van der Waals surface area contributed by atoms with Crippen molar-refractivity contribution in [1.82, 2.24) is 14.8 Å². The molecule has 28 heavy (non-hydrogen) atoms. The number of hydrogen-bond acceptors (Lipinski definition) is 4. The van der Waals surface area contributed by atoms with E-state index in [9.17, 15) is 9.59 Å². The number of aromatic nitrogens is 3. The van der Waals surface area contributed by atoms with Gasteiger partial charge < -0.3 is 10.2 Å². The molecule has 2 aromatic heterocycles. The van der Waals surface area contributed by atoms with Crippen LogP contribution in [0.15, 0.2) is 54.9 Å². The van der Waals surface area contributed by atoms with Crippen molar-refractivity contribution in [3.05, 3.63) is 60.4 Å². The number of carbonyl (C=O) groups is 2. The molecule has 0 aliphatic carbocycles. The van der Waals surface area contributed by atoms with Gasteiger partial charge in [-0.05, 0) is 31.2 Å². The predicted molar refractivity (Wildman–Crippen MR) is 107 cm³/mol. The predicted octanol–water partition coefficient (Wildman–Crippen LogP) is 2.78. The van der Waals surface area contributed by atoms with Gasteiger partial charge in [0.1, 0.15) is 5.82 Å². The van der Waals surface area contributed by atoms with E-state index in [0.717, 1.165) is 22.5 Å². The molecule has 7 heteroatoms. The molecule has 2 amide bonds. The molecule has 0 radical (unpaired) electrons. The van der Waals surface area contributed by atoms with Gasteiger partial charge in [0, 0.05) is 37.5 Å². The molecular weight excluding hydrogens is 354 g/mol. The van der Waals surface area contributed by atoms with E-state index < -0.39 is 5.92 Å². The fourth-order valence-electron chi connectivity index (χ4n) is 3.30. The minimum Gasteiger partial charge on any atom is -0.312 e. The molecule has 1 saturated heterocycles. The quantitative estimate of drug-likeness (QED) is 0.760. The lowest BCUT2D eigenvalue weighted by Gasteiger charge is -2.17. The molecule has 3 aromatic rings. The highest BCUT2D eigenvalue weighted by Crippen LogP contribution is 2.26. The Balaban J connectivity index is 1.46. The monoisotopic (exact) mass is 375 g/mol. The summed E-state index contributed by atoms with van der Waals surface area (Å²) in [7, 11) is 1.84. The average molecular weight is 375 g/mol. The van der Waals surface area contributed by atoms with Gasteiger partial charge in [-0.1, -0.05) is 23.8 Å². The van der Waals surface area contributed by atoms with Crippen LogP contribution in [0.4, 0.5) is 11.5 Å². The average Bonchev–Trinajstić information content (AvgIpc) is 3.29. The number of carbonyl (C=O) groups excluding carboxylic acids is 2. The van der Waals surface area contributed by atoms with Gasteiger partial charge in [0.05, 0.1) is 17.8 Å². The number of aryl methyl sites for hydroxylation is 2. The summed E-state index contributed by atoms with van der Waals surface area (Å²) in [6.07, 6.45) is 3.79. The van der Waals surface area contributed by atoms with Gasteiger partial charge in [0.2, 0.25) is 11.8 Å². The first-order chi connectivity index (χ1) is 13.5. The lowest BCUT2D eigenvalue weighted by Crippen LogP contribution is -2.28. The Hall–Kier alpha value is -3.48. The highest BCUT2D eigenvalue weighted by Gasteiger charge is 2.35. The van der Waals surface area contributed by atoms with Crippen LogP contribution in [-0.4, -0.2) is 33.1 Å². The molecule has 0 spiro atoms. The molecule has 4 rings (SSSR count). The fourth-order valence-corrected chi connectivity index (χ4v) is 3.30. The maximum absolute atomic E-state index is 12.7. The number of benzene rings is 1. The molecule has 1 fully saturated rings. The minimum atomic E-state index is -0.405. The smallest absolute Gasteiger partial charge is 0.230 e. The maximum atomic E-state index is 12.7. The van der Waals surface area contributed by atoms with Crippen LogP contribution in [0, 0.1) is 12.8 Å². The lowest BCUT2D eigenvalue weighted by molar-refractivity contribution is -0.122. The van der Waals surface area contributed by atoms with Crippen molar-refractivity contribution in [3.63, 3.8) is 0 Å². The molecule has 142 valence electrons. The standard InChI is InChI=1S/C21H21N5O2/c1-14-6-8-17(9-7-14)26-13-15(10-20(26)27)21(28)24-19-5-3-4-18(23-19)16-11-22-25(2)12-16/h3-9,11-12,15H,10,13H2,1-2H3,(H,23,24,28). The number of nitrogens with one attached hydrogen (secondary N) is 1. The fraction of sp³-hybridized carbons (Fsp3) is 0.238. The molecule has 7 nitrogen and oxygen atoms in total. The number of hydrogen-bond donors (Lipinski definition) is 1. The van der Waals surface area contributed by atoms with Gasteiger partial charge in [-0.25, -0.2) is 4.98 Å². The summed E-state index contributed by atoms with van der Waals surface area (Å²) >= 11 is 0. The third-order valence-corrected chi connectivity index (χ3v) is 4.84. The van der Waals surface area contributed by atoms with Gasteiger partial charge in [0.25, 0.3) is 0 Å². The van der Waals surface area contributed by atoms with Gasteiger partial charge in [-0.2, -0.15) is 5.10 Å². The lowest BCUT2D eigenvalue weighted by atomic mass is 10.1. The van der Waals surface area contributed by atoms with Gasteiger partial charge in [-0.15, -0.1) is 0 Å². The Labute approximate surface area is 163 Å². The number of anilines is 2. The van der Waals surface area contributed by atoms with E-state index in [-0.39, 0.29) is 18.2 Å². The summed E-state index contributed by atoms with van der Waals surface area (Å²) in [6.45, 7) is 2.37.